The van der Waals surface area contributed by atoms with Crippen LogP contribution in [0.4, 0.5) is 5.82 Å². The van der Waals surface area contributed by atoms with Crippen molar-refractivity contribution in [2.24, 2.45) is 5.10 Å². The Morgan fingerprint density at radius 3 is 2.58 bits per heavy atom. The summed E-state index contributed by atoms with van der Waals surface area (Å²) in [4.78, 5) is 21.7. The molecule has 7 nitrogen and oxygen atoms in total. The van der Waals surface area contributed by atoms with Crippen molar-refractivity contribution >= 4 is 29.2 Å². The van der Waals surface area contributed by atoms with Gasteiger partial charge in [-0.25, -0.2) is 15.0 Å². The maximum absolute atomic E-state index is 13.2. The second kappa shape index (κ2) is 9.18. The largest absolute Gasteiger partial charge is 0.497 e. The van der Waals surface area contributed by atoms with Gasteiger partial charge in [-0.3, -0.25) is 4.79 Å². The second-order valence-electron chi connectivity index (χ2n) is 7.15. The minimum absolute atomic E-state index is 0.111. The number of methoxy groups -OCH3 is 1. The number of ether oxygens (including phenoxy) is 1. The summed E-state index contributed by atoms with van der Waals surface area (Å²) in [7, 11) is 1.63. The van der Waals surface area contributed by atoms with Crippen LogP contribution >= 0.6 is 11.8 Å². The maximum atomic E-state index is 13.2. The number of nitrogen functional groups attached to an aromatic ring is 1. The van der Waals surface area contributed by atoms with Crippen molar-refractivity contribution in [2.75, 3.05) is 18.6 Å². The summed E-state index contributed by atoms with van der Waals surface area (Å²) in [6.45, 7) is 1.85. The molecule has 1 amide bonds. The monoisotopic (exact) mass is 433 g/mol. The first kappa shape index (κ1) is 20.9. The van der Waals surface area contributed by atoms with E-state index in [0.717, 1.165) is 28.3 Å². The number of hydrazone groups is 1. The highest BCUT2D eigenvalue weighted by Crippen LogP contribution is 2.34. The molecule has 0 saturated heterocycles. The molecular formula is C23H23N5O2S. The van der Waals surface area contributed by atoms with Gasteiger partial charge in [-0.2, -0.15) is 5.10 Å². The van der Waals surface area contributed by atoms with Crippen LogP contribution in [0.25, 0.3) is 0 Å². The summed E-state index contributed by atoms with van der Waals surface area (Å²) in [6, 6.07) is 19.2. The SMILES string of the molecule is COc1ccc([C@@H]2CC(c3ccccc3)=NN2C(=O)CSc2nc(C)cc(N)n2)cc1. The molecule has 0 fully saturated rings. The summed E-state index contributed by atoms with van der Waals surface area (Å²) in [6.07, 6.45) is 0.640. The highest BCUT2D eigenvalue weighted by atomic mass is 32.2. The lowest BCUT2D eigenvalue weighted by molar-refractivity contribution is -0.130. The molecule has 158 valence electrons. The molecule has 1 atom stereocenters. The van der Waals surface area contributed by atoms with Crippen LogP contribution < -0.4 is 10.5 Å². The molecule has 8 heteroatoms. The first-order chi connectivity index (χ1) is 15.0. The van der Waals surface area contributed by atoms with E-state index in [1.54, 1.807) is 18.2 Å². The Hall–Kier alpha value is -3.39. The van der Waals surface area contributed by atoms with E-state index < -0.39 is 0 Å². The number of nitrogens with two attached hydrogens (primary N) is 1. The van der Waals surface area contributed by atoms with Crippen LogP contribution in [0, 0.1) is 6.92 Å². The maximum Gasteiger partial charge on any atom is 0.253 e. The number of benzene rings is 2. The average Bonchev–Trinajstić information content (AvgIpc) is 3.23. The van der Waals surface area contributed by atoms with Crippen LogP contribution in [0.2, 0.25) is 0 Å². The Bertz CT molecular complexity index is 1080. The molecule has 0 aliphatic carbocycles. The van der Waals surface area contributed by atoms with E-state index >= 15 is 0 Å². The summed E-state index contributed by atoms with van der Waals surface area (Å²) in [5.41, 5.74) is 9.47. The van der Waals surface area contributed by atoms with Gasteiger partial charge in [-0.1, -0.05) is 54.2 Å². The van der Waals surface area contributed by atoms with E-state index in [0.29, 0.717) is 17.4 Å². The highest BCUT2D eigenvalue weighted by Gasteiger charge is 2.33. The number of rotatable bonds is 6. The standard InChI is InChI=1S/C23H23N5O2S/c1-15-12-21(24)26-23(25-15)31-14-22(29)28-20(17-8-10-18(30-2)11-9-17)13-19(27-28)16-6-4-3-5-7-16/h3-12,20H,13-14H2,1-2H3,(H2,24,25,26)/t20-/m0/s1. The number of carbonyl (C=O) groups excluding carboxylic acids is 1. The van der Waals surface area contributed by atoms with E-state index in [2.05, 4.69) is 9.97 Å². The average molecular weight is 434 g/mol. The quantitative estimate of drug-likeness (QED) is 0.469. The van der Waals surface area contributed by atoms with Crippen LogP contribution in [0.15, 0.2) is 70.9 Å². The number of aromatic nitrogens is 2. The highest BCUT2D eigenvalue weighted by molar-refractivity contribution is 7.99. The molecular weight excluding hydrogens is 410 g/mol. The van der Waals surface area contributed by atoms with Crippen LogP contribution in [0.3, 0.4) is 0 Å². The lowest BCUT2D eigenvalue weighted by Crippen LogP contribution is -2.28. The zero-order valence-electron chi connectivity index (χ0n) is 17.4. The molecule has 2 heterocycles. The summed E-state index contributed by atoms with van der Waals surface area (Å²) >= 11 is 1.26. The minimum atomic E-state index is -0.183. The van der Waals surface area contributed by atoms with Gasteiger partial charge in [-0.05, 0) is 30.2 Å². The number of amides is 1. The van der Waals surface area contributed by atoms with Crippen molar-refractivity contribution < 1.29 is 9.53 Å². The van der Waals surface area contributed by atoms with Crippen molar-refractivity contribution in [3.8, 4) is 5.75 Å². The van der Waals surface area contributed by atoms with Gasteiger partial charge >= 0.3 is 0 Å². The molecule has 4 rings (SSSR count). The fourth-order valence-electron chi connectivity index (χ4n) is 3.45. The number of thioether (sulfide) groups is 1. The Morgan fingerprint density at radius 2 is 1.90 bits per heavy atom. The Kier molecular flexibility index (Phi) is 6.18. The summed E-state index contributed by atoms with van der Waals surface area (Å²) < 4.78 is 5.27. The van der Waals surface area contributed by atoms with Gasteiger partial charge in [0.1, 0.15) is 11.6 Å². The molecule has 2 N–H and O–H groups in total. The molecule has 0 unspecified atom stereocenters. The van der Waals surface area contributed by atoms with Crippen molar-refractivity contribution in [2.45, 2.75) is 24.5 Å². The summed E-state index contributed by atoms with van der Waals surface area (Å²) in [5, 5.41) is 6.76. The number of carbonyl (C=O) groups is 1. The van der Waals surface area contributed by atoms with Crippen molar-refractivity contribution in [3.63, 3.8) is 0 Å². The molecule has 1 aliphatic heterocycles. The summed E-state index contributed by atoms with van der Waals surface area (Å²) in [5.74, 6) is 1.22. The number of nitrogens with zero attached hydrogens (tertiary/aromatic N) is 4. The van der Waals surface area contributed by atoms with Gasteiger partial charge in [0, 0.05) is 18.2 Å². The van der Waals surface area contributed by atoms with Crippen LogP contribution in [0.5, 0.6) is 5.75 Å². The zero-order valence-corrected chi connectivity index (χ0v) is 18.2. The van der Waals surface area contributed by atoms with Crippen molar-refractivity contribution in [1.82, 2.24) is 15.0 Å². The predicted molar refractivity (Wildman–Crippen MR) is 122 cm³/mol. The number of anilines is 1. The van der Waals surface area contributed by atoms with E-state index in [4.69, 9.17) is 15.6 Å². The normalized spacial score (nSPS) is 15.6. The predicted octanol–water partition coefficient (Wildman–Crippen LogP) is 3.85. The molecule has 2 aromatic carbocycles. The van der Waals surface area contributed by atoms with Gasteiger partial charge in [0.2, 0.25) is 0 Å². The Labute approximate surface area is 185 Å². The van der Waals surface area contributed by atoms with Gasteiger partial charge < -0.3 is 10.5 Å². The molecule has 0 bridgehead atoms. The van der Waals surface area contributed by atoms with Crippen LogP contribution in [0.1, 0.15) is 29.3 Å². The smallest absolute Gasteiger partial charge is 0.253 e. The van der Waals surface area contributed by atoms with Crippen LogP contribution in [-0.2, 0) is 4.79 Å². The fourth-order valence-corrected chi connectivity index (χ4v) is 4.22. The van der Waals surface area contributed by atoms with Gasteiger partial charge in [0.15, 0.2) is 5.16 Å². The molecule has 1 aromatic heterocycles. The fraction of sp³-hybridized carbons (Fsp3) is 0.217. The molecule has 0 saturated carbocycles. The van der Waals surface area contributed by atoms with E-state index in [9.17, 15) is 4.79 Å². The molecule has 0 radical (unpaired) electrons. The van der Waals surface area contributed by atoms with Crippen molar-refractivity contribution in [3.05, 3.63) is 77.5 Å². The molecule has 31 heavy (non-hydrogen) atoms. The third kappa shape index (κ3) is 4.86. The van der Waals surface area contributed by atoms with E-state index in [1.807, 2.05) is 61.5 Å². The minimum Gasteiger partial charge on any atom is -0.497 e. The van der Waals surface area contributed by atoms with Crippen molar-refractivity contribution in [1.29, 1.82) is 0 Å². The number of hydrogen-bond donors (Lipinski definition) is 1. The first-order valence-corrected chi connectivity index (χ1v) is 10.8. The van der Waals surface area contributed by atoms with Gasteiger partial charge in [0.05, 0.1) is 24.6 Å². The van der Waals surface area contributed by atoms with E-state index in [1.165, 1.54) is 11.8 Å². The lowest BCUT2D eigenvalue weighted by Gasteiger charge is -2.22. The third-order valence-electron chi connectivity index (χ3n) is 4.95. The third-order valence-corrected chi connectivity index (χ3v) is 5.78. The zero-order chi connectivity index (χ0) is 21.8. The first-order valence-electron chi connectivity index (χ1n) is 9.86. The Balaban J connectivity index is 1.57. The van der Waals surface area contributed by atoms with Gasteiger partial charge in [-0.15, -0.1) is 0 Å². The lowest BCUT2D eigenvalue weighted by atomic mass is 9.98. The molecule has 1 aliphatic rings. The number of aryl methyl sites for hydroxylation is 1. The molecule has 3 aromatic rings. The van der Waals surface area contributed by atoms with Crippen LogP contribution in [-0.4, -0.2) is 39.5 Å². The second-order valence-corrected chi connectivity index (χ2v) is 8.09. The molecule has 0 spiro atoms. The Morgan fingerprint density at radius 1 is 1.16 bits per heavy atom. The van der Waals surface area contributed by atoms with E-state index in [-0.39, 0.29) is 17.7 Å². The van der Waals surface area contributed by atoms with Gasteiger partial charge in [0.25, 0.3) is 5.91 Å². The number of hydrogen-bond acceptors (Lipinski definition) is 7. The topological polar surface area (TPSA) is 93.7 Å².